The maximum Gasteiger partial charge on any atom is 0.320 e. The molecule has 0 unspecified atom stereocenters. The van der Waals surface area contributed by atoms with E-state index in [1.165, 1.54) is 42.7 Å². The van der Waals surface area contributed by atoms with Crippen LogP contribution in [-0.4, -0.2) is 28.5 Å². The fourth-order valence-electron chi connectivity index (χ4n) is 2.45. The van der Waals surface area contributed by atoms with E-state index >= 15 is 0 Å². The number of pyridine rings is 2. The van der Waals surface area contributed by atoms with Crippen molar-refractivity contribution in [3.8, 4) is 0 Å². The van der Waals surface area contributed by atoms with Crippen molar-refractivity contribution in [1.29, 1.82) is 0 Å². The smallest absolute Gasteiger partial charge is 0.320 e. The fourth-order valence-corrected chi connectivity index (χ4v) is 2.45. The lowest BCUT2D eigenvalue weighted by Gasteiger charge is -2.14. The minimum absolute atomic E-state index is 0.236. The van der Waals surface area contributed by atoms with Gasteiger partial charge in [0.15, 0.2) is 0 Å². The highest BCUT2D eigenvalue weighted by molar-refractivity contribution is 6.08. The first-order chi connectivity index (χ1) is 14.0. The molecular formula is C20H19FN6O2. The second-order valence-electron chi connectivity index (χ2n) is 5.93. The number of hydrogen-bond donors (Lipinski definition) is 4. The highest BCUT2D eigenvalue weighted by Gasteiger charge is 2.15. The standard InChI is InChI=1S/C20H19FN6O2/c1-2-23-20(29)27-18-10-17(25-14-7-5-13(21)6-8-14)16(12-24-18)19(28)26-15-4-3-9-22-11-15/h3-12H,2H2,1H3,(H,26,28)(H3,23,24,25,27,29). The monoisotopic (exact) mass is 394 g/mol. The van der Waals surface area contributed by atoms with E-state index in [4.69, 9.17) is 0 Å². The Morgan fingerprint density at radius 3 is 2.52 bits per heavy atom. The number of hydrogen-bond acceptors (Lipinski definition) is 5. The van der Waals surface area contributed by atoms with Crippen molar-refractivity contribution in [2.24, 2.45) is 0 Å². The lowest BCUT2D eigenvalue weighted by Crippen LogP contribution is -2.28. The lowest BCUT2D eigenvalue weighted by molar-refractivity contribution is 0.102. The van der Waals surface area contributed by atoms with Gasteiger partial charge >= 0.3 is 6.03 Å². The van der Waals surface area contributed by atoms with Crippen LogP contribution in [0.4, 0.5) is 32.1 Å². The number of rotatable bonds is 6. The summed E-state index contributed by atoms with van der Waals surface area (Å²) in [6, 6.07) is 10.2. The van der Waals surface area contributed by atoms with Gasteiger partial charge in [-0.05, 0) is 43.3 Å². The van der Waals surface area contributed by atoms with Crippen LogP contribution in [0.1, 0.15) is 17.3 Å². The summed E-state index contributed by atoms with van der Waals surface area (Å²) in [6.45, 7) is 2.25. The molecule has 148 valence electrons. The third-order valence-electron chi connectivity index (χ3n) is 3.77. The van der Waals surface area contributed by atoms with E-state index in [1.54, 1.807) is 25.3 Å². The zero-order valence-corrected chi connectivity index (χ0v) is 15.6. The van der Waals surface area contributed by atoms with Crippen LogP contribution in [0.2, 0.25) is 0 Å². The average molecular weight is 394 g/mol. The number of carbonyl (C=O) groups is 2. The molecule has 4 N–H and O–H groups in total. The third-order valence-corrected chi connectivity index (χ3v) is 3.77. The van der Waals surface area contributed by atoms with E-state index in [9.17, 15) is 14.0 Å². The van der Waals surface area contributed by atoms with Crippen LogP contribution < -0.4 is 21.3 Å². The van der Waals surface area contributed by atoms with Crippen LogP contribution in [0.15, 0.2) is 61.1 Å². The first kappa shape index (κ1) is 19.7. The summed E-state index contributed by atoms with van der Waals surface area (Å²) < 4.78 is 13.2. The minimum Gasteiger partial charge on any atom is -0.355 e. The normalized spacial score (nSPS) is 10.1. The summed E-state index contributed by atoms with van der Waals surface area (Å²) in [5.74, 6) is -0.545. The van der Waals surface area contributed by atoms with E-state index in [2.05, 4.69) is 31.2 Å². The topological polar surface area (TPSA) is 108 Å². The quantitative estimate of drug-likeness (QED) is 0.509. The van der Waals surface area contributed by atoms with Crippen LogP contribution >= 0.6 is 0 Å². The molecule has 3 amide bonds. The molecule has 0 fully saturated rings. The van der Waals surface area contributed by atoms with Gasteiger partial charge in [0, 0.05) is 30.7 Å². The molecule has 2 heterocycles. The number of halogens is 1. The molecule has 0 saturated heterocycles. The van der Waals surface area contributed by atoms with E-state index in [0.717, 1.165) is 0 Å². The molecule has 0 radical (unpaired) electrons. The zero-order chi connectivity index (χ0) is 20.6. The number of nitrogens with zero attached hydrogens (tertiary/aromatic N) is 2. The number of benzene rings is 1. The molecule has 0 aliphatic carbocycles. The van der Waals surface area contributed by atoms with Crippen molar-refractivity contribution in [2.75, 3.05) is 22.5 Å². The summed E-state index contributed by atoms with van der Waals surface area (Å²) in [5, 5.41) is 11.0. The zero-order valence-electron chi connectivity index (χ0n) is 15.6. The van der Waals surface area contributed by atoms with Crippen molar-refractivity contribution in [3.05, 3.63) is 72.4 Å². The van der Waals surface area contributed by atoms with Gasteiger partial charge in [-0.15, -0.1) is 0 Å². The molecule has 29 heavy (non-hydrogen) atoms. The number of carbonyl (C=O) groups excluding carboxylic acids is 2. The van der Waals surface area contributed by atoms with Crippen molar-refractivity contribution >= 4 is 34.8 Å². The highest BCUT2D eigenvalue weighted by atomic mass is 19.1. The van der Waals surface area contributed by atoms with Crippen LogP contribution in [0.3, 0.4) is 0 Å². The van der Waals surface area contributed by atoms with E-state index < -0.39 is 11.9 Å². The third kappa shape index (κ3) is 5.48. The summed E-state index contributed by atoms with van der Waals surface area (Å²) in [7, 11) is 0. The predicted molar refractivity (Wildman–Crippen MR) is 109 cm³/mol. The van der Waals surface area contributed by atoms with Crippen molar-refractivity contribution in [1.82, 2.24) is 15.3 Å². The summed E-state index contributed by atoms with van der Waals surface area (Å²) in [5.41, 5.74) is 1.71. The molecule has 2 aromatic heterocycles. The molecule has 0 aliphatic rings. The largest absolute Gasteiger partial charge is 0.355 e. The molecular weight excluding hydrogens is 375 g/mol. The summed E-state index contributed by atoms with van der Waals surface area (Å²) in [6.07, 6.45) is 4.46. The molecule has 3 rings (SSSR count). The molecule has 0 bridgehead atoms. The predicted octanol–water partition coefficient (Wildman–Crippen LogP) is 3.75. The molecule has 9 heteroatoms. The van der Waals surface area contributed by atoms with Gasteiger partial charge in [-0.25, -0.2) is 14.2 Å². The Labute approximate surface area is 166 Å². The van der Waals surface area contributed by atoms with Gasteiger partial charge in [0.25, 0.3) is 5.91 Å². The Morgan fingerprint density at radius 2 is 1.83 bits per heavy atom. The first-order valence-electron chi connectivity index (χ1n) is 8.84. The maximum atomic E-state index is 13.2. The molecule has 0 spiro atoms. The van der Waals surface area contributed by atoms with Gasteiger partial charge in [0.1, 0.15) is 11.6 Å². The van der Waals surface area contributed by atoms with Gasteiger partial charge in [-0.2, -0.15) is 0 Å². The lowest BCUT2D eigenvalue weighted by atomic mass is 10.2. The van der Waals surface area contributed by atoms with Crippen LogP contribution in [0.5, 0.6) is 0 Å². The highest BCUT2D eigenvalue weighted by Crippen LogP contribution is 2.24. The van der Waals surface area contributed by atoms with Gasteiger partial charge < -0.3 is 16.0 Å². The van der Waals surface area contributed by atoms with Gasteiger partial charge in [-0.1, -0.05) is 0 Å². The maximum absolute atomic E-state index is 13.2. The number of amides is 3. The molecule has 0 saturated carbocycles. The fraction of sp³-hybridized carbons (Fsp3) is 0.100. The van der Waals surface area contributed by atoms with Crippen LogP contribution in [-0.2, 0) is 0 Å². The molecule has 8 nitrogen and oxygen atoms in total. The Bertz CT molecular complexity index is 996. The SMILES string of the molecule is CCNC(=O)Nc1cc(Nc2ccc(F)cc2)c(C(=O)Nc2cccnc2)cn1. The molecule has 0 atom stereocenters. The van der Waals surface area contributed by atoms with Crippen LogP contribution in [0.25, 0.3) is 0 Å². The molecule has 1 aromatic carbocycles. The number of aromatic nitrogens is 2. The molecule has 3 aromatic rings. The second-order valence-corrected chi connectivity index (χ2v) is 5.93. The van der Waals surface area contributed by atoms with Crippen molar-refractivity contribution < 1.29 is 14.0 Å². The number of nitrogens with one attached hydrogen (secondary N) is 4. The second kappa shape index (κ2) is 9.27. The summed E-state index contributed by atoms with van der Waals surface area (Å²) >= 11 is 0. The Morgan fingerprint density at radius 1 is 1.03 bits per heavy atom. The van der Waals surface area contributed by atoms with Gasteiger partial charge in [-0.3, -0.25) is 15.1 Å². The number of urea groups is 1. The Kier molecular flexibility index (Phi) is 6.31. The van der Waals surface area contributed by atoms with E-state index in [1.807, 2.05) is 0 Å². The van der Waals surface area contributed by atoms with Crippen molar-refractivity contribution in [3.63, 3.8) is 0 Å². The van der Waals surface area contributed by atoms with Crippen LogP contribution in [0, 0.1) is 5.82 Å². The number of anilines is 4. The van der Waals surface area contributed by atoms with E-state index in [-0.39, 0.29) is 17.2 Å². The van der Waals surface area contributed by atoms with Gasteiger partial charge in [0.05, 0.1) is 23.1 Å². The minimum atomic E-state index is -0.417. The van der Waals surface area contributed by atoms with Gasteiger partial charge in [0.2, 0.25) is 0 Å². The van der Waals surface area contributed by atoms with Crippen molar-refractivity contribution in [2.45, 2.75) is 6.92 Å². The summed E-state index contributed by atoms with van der Waals surface area (Å²) in [4.78, 5) is 32.6. The average Bonchev–Trinajstić information content (AvgIpc) is 2.71. The first-order valence-corrected chi connectivity index (χ1v) is 8.84. The molecule has 0 aliphatic heterocycles. The Balaban J connectivity index is 1.89. The van der Waals surface area contributed by atoms with E-state index in [0.29, 0.717) is 23.6 Å². The Hall–Kier alpha value is -4.01.